The lowest BCUT2D eigenvalue weighted by Crippen LogP contribution is -2.41. The average Bonchev–Trinajstić information content (AvgIpc) is 3.16. The Labute approximate surface area is 170 Å². The van der Waals surface area contributed by atoms with Gasteiger partial charge in [-0.3, -0.25) is 4.79 Å². The second kappa shape index (κ2) is 7.63. The molecule has 2 atom stereocenters. The molecule has 29 heavy (non-hydrogen) atoms. The monoisotopic (exact) mass is 410 g/mol. The molecule has 0 fully saturated rings. The third kappa shape index (κ3) is 3.97. The minimum absolute atomic E-state index is 0.0718. The zero-order chi connectivity index (χ0) is 20.5. The fourth-order valence-corrected chi connectivity index (χ4v) is 3.94. The van der Waals surface area contributed by atoms with Crippen LogP contribution in [0, 0.1) is 11.7 Å². The lowest BCUT2D eigenvalue weighted by molar-refractivity contribution is 0.0939. The normalized spacial score (nSPS) is 18.9. The predicted octanol–water partition coefficient (Wildman–Crippen LogP) is 4.71. The van der Waals surface area contributed by atoms with Crippen LogP contribution in [0.5, 0.6) is 0 Å². The first-order valence-electron chi connectivity index (χ1n) is 9.07. The molecule has 6 nitrogen and oxygen atoms in total. The number of carbonyl (C=O) groups excluding carboxylic acids is 1. The van der Waals surface area contributed by atoms with E-state index in [4.69, 9.17) is 0 Å². The summed E-state index contributed by atoms with van der Waals surface area (Å²) in [7, 11) is 0. The molecule has 1 amide bonds. The third-order valence-electron chi connectivity index (χ3n) is 4.89. The van der Waals surface area contributed by atoms with Gasteiger partial charge in [-0.25, -0.2) is 14.4 Å². The first-order valence-corrected chi connectivity index (χ1v) is 9.89. The molecule has 0 saturated heterocycles. The molecule has 1 aliphatic rings. The number of rotatable bonds is 4. The summed E-state index contributed by atoms with van der Waals surface area (Å²) >= 11 is 1.19. The number of pyridine rings is 1. The summed E-state index contributed by atoms with van der Waals surface area (Å²) in [6, 6.07) is 5.95. The van der Waals surface area contributed by atoms with Crippen molar-refractivity contribution in [1.29, 1.82) is 0 Å². The highest BCUT2D eigenvalue weighted by Crippen LogP contribution is 2.26. The van der Waals surface area contributed by atoms with Crippen molar-refractivity contribution in [2.45, 2.75) is 19.9 Å². The Hall–Kier alpha value is -3.26. The molecule has 0 bridgehead atoms. The van der Waals surface area contributed by atoms with Crippen molar-refractivity contribution in [2.24, 2.45) is 5.92 Å². The fraction of sp³-hybridized carbons (Fsp3) is 0.190. The number of halogens is 1. The number of thiazole rings is 1. The summed E-state index contributed by atoms with van der Waals surface area (Å²) in [5, 5.41) is 18.0. The van der Waals surface area contributed by atoms with Gasteiger partial charge in [-0.2, -0.15) is 0 Å². The van der Waals surface area contributed by atoms with Gasteiger partial charge in [0.05, 0.1) is 12.2 Å². The highest BCUT2D eigenvalue weighted by Gasteiger charge is 2.25. The molecule has 4 rings (SSSR count). The molecule has 0 saturated carbocycles. The van der Waals surface area contributed by atoms with Crippen molar-refractivity contribution in [3.63, 3.8) is 0 Å². The van der Waals surface area contributed by atoms with Crippen molar-refractivity contribution in [3.8, 4) is 0 Å². The number of nitrogens with zero attached hydrogens (tertiary/aromatic N) is 2. The van der Waals surface area contributed by atoms with Gasteiger partial charge in [0, 0.05) is 11.6 Å². The molecule has 8 heteroatoms. The van der Waals surface area contributed by atoms with E-state index in [-0.39, 0.29) is 29.4 Å². The SMILES string of the molecule is CC1=C(O)C=CC(C)C1NC(=O)c1cnc(Nc2cc3cc(F)ccc3cn2)s1. The van der Waals surface area contributed by atoms with Gasteiger partial charge >= 0.3 is 0 Å². The Morgan fingerprint density at radius 1 is 1.21 bits per heavy atom. The van der Waals surface area contributed by atoms with Gasteiger partial charge in [0.2, 0.25) is 0 Å². The molecule has 0 aliphatic heterocycles. The van der Waals surface area contributed by atoms with Gasteiger partial charge in [-0.05, 0) is 54.1 Å². The molecule has 1 aliphatic carbocycles. The molecule has 2 aromatic heterocycles. The second-order valence-corrected chi connectivity index (χ2v) is 7.98. The Morgan fingerprint density at radius 3 is 2.86 bits per heavy atom. The van der Waals surface area contributed by atoms with E-state index in [1.54, 1.807) is 31.3 Å². The molecule has 1 aromatic carbocycles. The van der Waals surface area contributed by atoms with E-state index in [1.165, 1.54) is 29.7 Å². The molecule has 2 heterocycles. The van der Waals surface area contributed by atoms with E-state index in [2.05, 4.69) is 20.6 Å². The Bertz CT molecular complexity index is 1150. The number of allylic oxidation sites excluding steroid dienone is 1. The van der Waals surface area contributed by atoms with Gasteiger partial charge in [0.15, 0.2) is 5.13 Å². The Balaban J connectivity index is 1.48. The number of aliphatic hydroxyl groups is 1. The fourth-order valence-electron chi connectivity index (χ4n) is 3.22. The van der Waals surface area contributed by atoms with Crippen LogP contribution >= 0.6 is 11.3 Å². The van der Waals surface area contributed by atoms with Gasteiger partial charge in [-0.15, -0.1) is 0 Å². The Kier molecular flexibility index (Phi) is 5.02. The number of aromatic nitrogens is 2. The van der Waals surface area contributed by atoms with Gasteiger partial charge in [0.25, 0.3) is 5.91 Å². The summed E-state index contributed by atoms with van der Waals surface area (Å²) in [5.74, 6) is 0.189. The number of aliphatic hydroxyl groups excluding tert-OH is 1. The molecular weight excluding hydrogens is 391 g/mol. The van der Waals surface area contributed by atoms with Crippen molar-refractivity contribution >= 4 is 39.0 Å². The number of hydrogen-bond acceptors (Lipinski definition) is 6. The van der Waals surface area contributed by atoms with Crippen LogP contribution in [0.25, 0.3) is 10.8 Å². The molecular formula is C21H19FN4O2S. The zero-order valence-electron chi connectivity index (χ0n) is 15.8. The smallest absolute Gasteiger partial charge is 0.263 e. The van der Waals surface area contributed by atoms with Crippen LogP contribution in [-0.4, -0.2) is 27.0 Å². The molecule has 3 aromatic rings. The van der Waals surface area contributed by atoms with Crippen LogP contribution in [0.3, 0.4) is 0 Å². The number of amides is 1. The lowest BCUT2D eigenvalue weighted by Gasteiger charge is -2.27. The second-order valence-electron chi connectivity index (χ2n) is 6.95. The van der Waals surface area contributed by atoms with E-state index in [1.807, 2.05) is 13.0 Å². The van der Waals surface area contributed by atoms with Crippen LogP contribution < -0.4 is 10.6 Å². The van der Waals surface area contributed by atoms with Crippen LogP contribution in [0.2, 0.25) is 0 Å². The quantitative estimate of drug-likeness (QED) is 0.580. The minimum Gasteiger partial charge on any atom is -0.508 e. The van der Waals surface area contributed by atoms with Gasteiger partial charge in [0.1, 0.15) is 22.3 Å². The summed E-state index contributed by atoms with van der Waals surface area (Å²) in [6.45, 7) is 3.78. The predicted molar refractivity (Wildman–Crippen MR) is 112 cm³/mol. The van der Waals surface area contributed by atoms with E-state index in [0.29, 0.717) is 15.8 Å². The van der Waals surface area contributed by atoms with Gasteiger partial charge < -0.3 is 15.7 Å². The highest BCUT2D eigenvalue weighted by atomic mass is 32.1. The van der Waals surface area contributed by atoms with Crippen molar-refractivity contribution < 1.29 is 14.3 Å². The molecule has 148 valence electrons. The molecule has 0 spiro atoms. The van der Waals surface area contributed by atoms with E-state index < -0.39 is 0 Å². The van der Waals surface area contributed by atoms with Gasteiger partial charge in [-0.1, -0.05) is 24.3 Å². The van der Waals surface area contributed by atoms with E-state index in [9.17, 15) is 14.3 Å². The van der Waals surface area contributed by atoms with E-state index >= 15 is 0 Å². The number of carbonyl (C=O) groups is 1. The molecule has 0 radical (unpaired) electrons. The number of anilines is 2. The summed E-state index contributed by atoms with van der Waals surface area (Å²) < 4.78 is 13.4. The summed E-state index contributed by atoms with van der Waals surface area (Å²) in [5.41, 5.74) is 0.726. The molecule has 2 unspecified atom stereocenters. The largest absolute Gasteiger partial charge is 0.508 e. The standard InChI is InChI=1S/C21H19FN4O2S/c1-11-3-6-16(27)12(2)19(11)26-20(28)17-10-24-21(29-17)25-18-8-14-7-15(22)5-4-13(14)9-23-18/h3-11,19,27H,1-2H3,(H,26,28)(H,23,24,25). The van der Waals surface area contributed by atoms with E-state index in [0.717, 1.165) is 16.3 Å². The minimum atomic E-state index is -0.315. The zero-order valence-corrected chi connectivity index (χ0v) is 16.6. The van der Waals surface area contributed by atoms with Crippen LogP contribution in [0.4, 0.5) is 15.3 Å². The summed E-state index contributed by atoms with van der Waals surface area (Å²) in [4.78, 5) is 21.6. The first kappa shape index (κ1) is 19.1. The lowest BCUT2D eigenvalue weighted by atomic mass is 9.90. The number of benzene rings is 1. The topological polar surface area (TPSA) is 87.1 Å². The Morgan fingerprint density at radius 2 is 2.03 bits per heavy atom. The average molecular weight is 410 g/mol. The third-order valence-corrected chi connectivity index (χ3v) is 5.80. The van der Waals surface area contributed by atoms with Crippen LogP contribution in [0.1, 0.15) is 23.5 Å². The van der Waals surface area contributed by atoms with Crippen LogP contribution in [-0.2, 0) is 0 Å². The maximum absolute atomic E-state index is 13.4. The number of hydrogen-bond donors (Lipinski definition) is 3. The first-order chi connectivity index (χ1) is 13.9. The number of nitrogens with one attached hydrogen (secondary N) is 2. The maximum Gasteiger partial charge on any atom is 0.263 e. The highest BCUT2D eigenvalue weighted by molar-refractivity contribution is 7.17. The van der Waals surface area contributed by atoms with Crippen molar-refractivity contribution in [1.82, 2.24) is 15.3 Å². The number of fused-ring (bicyclic) bond motifs is 1. The maximum atomic E-state index is 13.4. The van der Waals surface area contributed by atoms with Crippen molar-refractivity contribution in [3.05, 3.63) is 70.8 Å². The molecule has 3 N–H and O–H groups in total. The summed E-state index contributed by atoms with van der Waals surface area (Å²) in [6.07, 6.45) is 6.66. The van der Waals surface area contributed by atoms with Crippen LogP contribution in [0.15, 0.2) is 60.1 Å². The van der Waals surface area contributed by atoms with Crippen molar-refractivity contribution in [2.75, 3.05) is 5.32 Å².